The first-order valence-electron chi connectivity index (χ1n) is 8.01. The summed E-state index contributed by atoms with van der Waals surface area (Å²) < 4.78 is 31.4. The number of rotatable bonds is 5. The molecule has 0 saturated carbocycles. The molecule has 142 valence electrons. The maximum Gasteiger partial charge on any atom is 0.337 e. The second kappa shape index (κ2) is 8.21. The molecule has 28 heavy (non-hydrogen) atoms. The molecule has 0 saturated heterocycles. The molecule has 0 bridgehead atoms. The number of halogens is 2. The highest BCUT2D eigenvalue weighted by molar-refractivity contribution is 6.03. The van der Waals surface area contributed by atoms with Gasteiger partial charge in [0.05, 0.1) is 18.4 Å². The minimum Gasteiger partial charge on any atom is -0.465 e. The monoisotopic (exact) mass is 384 g/mol. The molecule has 3 rings (SSSR count). The lowest BCUT2D eigenvalue weighted by molar-refractivity contribution is 0.0600. The van der Waals surface area contributed by atoms with E-state index in [0.29, 0.717) is 11.8 Å². The summed E-state index contributed by atoms with van der Waals surface area (Å²) in [6.07, 6.45) is 1.32. The molecule has 1 amide bonds. The molecule has 1 heterocycles. The van der Waals surface area contributed by atoms with E-state index in [4.69, 9.17) is 0 Å². The fourth-order valence-corrected chi connectivity index (χ4v) is 2.29. The van der Waals surface area contributed by atoms with E-state index in [1.165, 1.54) is 31.5 Å². The normalized spacial score (nSPS) is 10.2. The van der Waals surface area contributed by atoms with Crippen molar-refractivity contribution in [2.24, 2.45) is 0 Å². The number of benzene rings is 2. The van der Waals surface area contributed by atoms with Crippen LogP contribution in [-0.2, 0) is 4.74 Å². The van der Waals surface area contributed by atoms with Crippen LogP contribution < -0.4 is 10.6 Å². The smallest absolute Gasteiger partial charge is 0.337 e. The molecule has 1 aromatic heterocycles. The van der Waals surface area contributed by atoms with Gasteiger partial charge >= 0.3 is 5.97 Å². The maximum atomic E-state index is 13.7. The Morgan fingerprint density at radius 3 is 2.64 bits per heavy atom. The zero-order chi connectivity index (χ0) is 20.1. The van der Waals surface area contributed by atoms with Crippen molar-refractivity contribution in [2.45, 2.75) is 0 Å². The second-order valence-corrected chi connectivity index (χ2v) is 5.54. The molecule has 0 unspecified atom stereocenters. The van der Waals surface area contributed by atoms with E-state index < -0.39 is 23.5 Å². The van der Waals surface area contributed by atoms with E-state index in [1.807, 2.05) is 0 Å². The van der Waals surface area contributed by atoms with Gasteiger partial charge in [-0.05, 0) is 36.4 Å². The predicted octanol–water partition coefficient (Wildman–Crippen LogP) is 3.54. The van der Waals surface area contributed by atoms with Crippen molar-refractivity contribution in [1.82, 2.24) is 9.97 Å². The maximum absolute atomic E-state index is 13.7. The fourth-order valence-electron chi connectivity index (χ4n) is 2.29. The van der Waals surface area contributed by atoms with Crippen LogP contribution in [0.3, 0.4) is 0 Å². The lowest BCUT2D eigenvalue weighted by atomic mass is 10.2. The van der Waals surface area contributed by atoms with Gasteiger partial charge in [0.2, 0.25) is 5.95 Å². The Balaban J connectivity index is 1.76. The number of nitrogens with one attached hydrogen (secondary N) is 2. The topological polar surface area (TPSA) is 93.2 Å². The van der Waals surface area contributed by atoms with Crippen molar-refractivity contribution < 1.29 is 23.1 Å². The Morgan fingerprint density at radius 2 is 1.89 bits per heavy atom. The van der Waals surface area contributed by atoms with Crippen molar-refractivity contribution in [3.05, 3.63) is 77.6 Å². The largest absolute Gasteiger partial charge is 0.465 e. The van der Waals surface area contributed by atoms with Crippen molar-refractivity contribution in [2.75, 3.05) is 17.7 Å². The molecule has 9 heteroatoms. The Bertz CT molecular complexity index is 1040. The third kappa shape index (κ3) is 4.44. The summed E-state index contributed by atoms with van der Waals surface area (Å²) in [6.45, 7) is 0. The number of hydrogen-bond donors (Lipinski definition) is 2. The minimum absolute atomic E-state index is 0.00323. The Labute approximate surface area is 158 Å². The van der Waals surface area contributed by atoms with E-state index in [1.54, 1.807) is 18.2 Å². The van der Waals surface area contributed by atoms with Gasteiger partial charge in [0, 0.05) is 18.0 Å². The predicted molar refractivity (Wildman–Crippen MR) is 97.4 cm³/mol. The zero-order valence-electron chi connectivity index (χ0n) is 14.6. The molecule has 2 N–H and O–H groups in total. The Kier molecular flexibility index (Phi) is 5.54. The summed E-state index contributed by atoms with van der Waals surface area (Å²) in [7, 11) is 1.26. The molecule has 2 aromatic carbocycles. The summed E-state index contributed by atoms with van der Waals surface area (Å²) in [5.74, 6) is -2.68. The van der Waals surface area contributed by atoms with Crippen LogP contribution in [0.2, 0.25) is 0 Å². The van der Waals surface area contributed by atoms with Gasteiger partial charge in [-0.2, -0.15) is 0 Å². The lowest BCUT2D eigenvalue weighted by Gasteiger charge is -2.09. The number of nitrogens with zero attached hydrogens (tertiary/aromatic N) is 2. The highest BCUT2D eigenvalue weighted by atomic mass is 19.1. The van der Waals surface area contributed by atoms with Crippen LogP contribution in [0, 0.1) is 11.6 Å². The van der Waals surface area contributed by atoms with Gasteiger partial charge in [0.25, 0.3) is 5.91 Å². The average molecular weight is 384 g/mol. The van der Waals surface area contributed by atoms with E-state index in [2.05, 4.69) is 25.3 Å². The first-order valence-corrected chi connectivity index (χ1v) is 8.01. The van der Waals surface area contributed by atoms with Crippen LogP contribution in [-0.4, -0.2) is 29.0 Å². The van der Waals surface area contributed by atoms with Crippen molar-refractivity contribution in [3.8, 4) is 0 Å². The van der Waals surface area contributed by atoms with Gasteiger partial charge in [-0.3, -0.25) is 4.79 Å². The van der Waals surface area contributed by atoms with E-state index in [9.17, 15) is 18.4 Å². The summed E-state index contributed by atoms with van der Waals surface area (Å²) in [4.78, 5) is 31.9. The van der Waals surface area contributed by atoms with Crippen molar-refractivity contribution >= 4 is 29.2 Å². The van der Waals surface area contributed by atoms with Gasteiger partial charge in [-0.25, -0.2) is 23.5 Å². The Hall–Kier alpha value is -3.88. The Morgan fingerprint density at radius 1 is 1.07 bits per heavy atom. The van der Waals surface area contributed by atoms with E-state index >= 15 is 0 Å². The number of anilines is 3. The third-order valence-corrected chi connectivity index (χ3v) is 3.61. The summed E-state index contributed by atoms with van der Waals surface area (Å²) >= 11 is 0. The van der Waals surface area contributed by atoms with E-state index in [-0.39, 0.29) is 22.9 Å². The summed E-state index contributed by atoms with van der Waals surface area (Å²) in [5.41, 5.74) is 0.607. The van der Waals surface area contributed by atoms with Gasteiger partial charge in [-0.15, -0.1) is 0 Å². The molecule has 7 nitrogen and oxygen atoms in total. The quantitative estimate of drug-likeness (QED) is 0.654. The number of hydrogen-bond acceptors (Lipinski definition) is 6. The van der Waals surface area contributed by atoms with Crippen LogP contribution in [0.15, 0.2) is 54.7 Å². The summed E-state index contributed by atoms with van der Waals surface area (Å²) in [6, 6.07) is 10.5. The number of esters is 1. The molecule has 0 spiro atoms. The van der Waals surface area contributed by atoms with Crippen LogP contribution >= 0.6 is 0 Å². The van der Waals surface area contributed by atoms with Crippen LogP contribution in [0.5, 0.6) is 0 Å². The first kappa shape index (κ1) is 18.9. The number of amides is 1. The minimum atomic E-state index is -0.821. The molecule has 0 radical (unpaired) electrons. The summed E-state index contributed by atoms with van der Waals surface area (Å²) in [5, 5.41) is 5.18. The molecule has 0 aliphatic carbocycles. The average Bonchev–Trinajstić information content (AvgIpc) is 2.70. The van der Waals surface area contributed by atoms with Crippen LogP contribution in [0.1, 0.15) is 20.8 Å². The van der Waals surface area contributed by atoms with Gasteiger partial charge in [0.15, 0.2) is 0 Å². The van der Waals surface area contributed by atoms with Gasteiger partial charge in [-0.1, -0.05) is 6.07 Å². The van der Waals surface area contributed by atoms with E-state index in [0.717, 1.165) is 6.07 Å². The lowest BCUT2D eigenvalue weighted by Crippen LogP contribution is -2.15. The number of ether oxygens (including phenoxy) is 1. The standard InChI is InChI=1S/C19H14F2N4O3/c1-28-18(27)11-3-2-4-13(9-11)23-17(26)16-7-8-22-19(25-16)24-15-6-5-12(20)10-14(15)21/h2-10H,1H3,(H,23,26)(H,22,24,25). The number of methoxy groups -OCH3 is 1. The number of carbonyl (C=O) groups excluding carboxylic acids is 2. The highest BCUT2D eigenvalue weighted by Gasteiger charge is 2.12. The molecular weight excluding hydrogens is 370 g/mol. The van der Waals surface area contributed by atoms with Crippen molar-refractivity contribution in [1.29, 1.82) is 0 Å². The highest BCUT2D eigenvalue weighted by Crippen LogP contribution is 2.19. The second-order valence-electron chi connectivity index (χ2n) is 5.54. The van der Waals surface area contributed by atoms with Crippen molar-refractivity contribution in [3.63, 3.8) is 0 Å². The number of carbonyl (C=O) groups is 2. The molecule has 3 aromatic rings. The van der Waals surface area contributed by atoms with Gasteiger partial charge in [0.1, 0.15) is 17.3 Å². The molecule has 0 atom stereocenters. The molecule has 0 fully saturated rings. The zero-order valence-corrected chi connectivity index (χ0v) is 14.6. The molecular formula is C19H14F2N4O3. The SMILES string of the molecule is COC(=O)c1cccc(NC(=O)c2ccnc(Nc3ccc(F)cc3F)n2)c1. The fraction of sp³-hybridized carbons (Fsp3) is 0.0526. The molecule has 0 aliphatic rings. The first-order chi connectivity index (χ1) is 13.5. The van der Waals surface area contributed by atoms with Crippen LogP contribution in [0.25, 0.3) is 0 Å². The molecule has 0 aliphatic heterocycles. The van der Waals surface area contributed by atoms with Gasteiger partial charge < -0.3 is 15.4 Å². The number of aromatic nitrogens is 2. The third-order valence-electron chi connectivity index (χ3n) is 3.61. The van der Waals surface area contributed by atoms with Crippen LogP contribution in [0.4, 0.5) is 26.1 Å².